The molecule has 0 fully saturated rings. The van der Waals surface area contributed by atoms with Crippen LogP contribution in [0.1, 0.15) is 0 Å². The van der Waals surface area contributed by atoms with Crippen molar-refractivity contribution in [3.05, 3.63) is 437 Å². The molecule has 118 heavy (non-hydrogen) atoms. The fraction of sp³-hybridized carbons (Fsp3) is 0. The van der Waals surface area contributed by atoms with Crippen molar-refractivity contribution >= 4 is 43.4 Å². The van der Waals surface area contributed by atoms with Gasteiger partial charge in [-0.25, -0.2) is 39.9 Å². The number of rotatable bonds is 15. The standard InChI is InChI=1S/C58H38N4.C52H34N4/c1-5-14-39(15-6-1)41-24-30-46(31-25-41)56-60-57(47-32-26-42(27-33-47)40-16-7-2-8-17-40)62-58(61-56)48-34-28-43(29-35-48)49-36-37-53-52(38-49)54-50(44-18-9-3-10-19-44)22-13-23-51(54)55(59-53)45-20-11-4-12-21-45;1-5-14-35(15-6-1)36-24-28-41(29-25-36)51-54-50(40-20-11-4-12-21-40)55-52(56-51)42-30-26-37(27-31-42)43-32-33-47-46(34-43)48-44(38-16-7-2-8-17-38)22-13-23-45(48)49(53-47)39-18-9-3-10-19-39/h1-38H;1-34H. The number of nitrogens with zero attached hydrogens (tertiary/aromatic N) is 8. The molecule has 0 aliphatic carbocycles. The lowest BCUT2D eigenvalue weighted by molar-refractivity contribution is 1.07. The van der Waals surface area contributed by atoms with Gasteiger partial charge in [0.25, 0.3) is 0 Å². The summed E-state index contributed by atoms with van der Waals surface area (Å²) in [6.07, 6.45) is 0. The summed E-state index contributed by atoms with van der Waals surface area (Å²) in [7, 11) is 0. The van der Waals surface area contributed by atoms with Gasteiger partial charge in [-0.1, -0.05) is 413 Å². The monoisotopic (exact) mass is 1500 g/mol. The normalized spacial score (nSPS) is 11.2. The Morgan fingerprint density at radius 2 is 0.314 bits per heavy atom. The maximum Gasteiger partial charge on any atom is 0.164 e. The highest BCUT2D eigenvalue weighted by atomic mass is 15.0. The highest BCUT2D eigenvalue weighted by Gasteiger charge is 2.21. The first-order valence-corrected chi connectivity index (χ1v) is 39.7. The number of hydrogen-bond donors (Lipinski definition) is 0. The minimum absolute atomic E-state index is 0.616. The van der Waals surface area contributed by atoms with E-state index >= 15 is 0 Å². The van der Waals surface area contributed by atoms with E-state index in [9.17, 15) is 0 Å². The number of hydrogen-bond acceptors (Lipinski definition) is 8. The van der Waals surface area contributed by atoms with Gasteiger partial charge in [-0.15, -0.1) is 0 Å². The molecule has 17 aromatic carbocycles. The zero-order valence-corrected chi connectivity index (χ0v) is 64.1. The van der Waals surface area contributed by atoms with Crippen LogP contribution in [0.4, 0.5) is 0 Å². The van der Waals surface area contributed by atoms with Crippen LogP contribution in [0.25, 0.3) is 212 Å². The molecule has 0 saturated heterocycles. The number of fused-ring (bicyclic) bond motifs is 6. The van der Waals surface area contributed by atoms with E-state index in [1.54, 1.807) is 0 Å². The lowest BCUT2D eigenvalue weighted by Crippen LogP contribution is -2.00. The molecule has 8 nitrogen and oxygen atoms in total. The molecular weight excluding hydrogens is 1430 g/mol. The first-order valence-electron chi connectivity index (χ1n) is 39.7. The molecule has 21 aromatic rings. The second-order valence-corrected chi connectivity index (χ2v) is 29.3. The molecule has 21 rings (SSSR count). The van der Waals surface area contributed by atoms with Gasteiger partial charge in [0.1, 0.15) is 0 Å². The fourth-order valence-electron chi connectivity index (χ4n) is 15.9. The third-order valence-electron chi connectivity index (χ3n) is 21.9. The number of benzene rings is 17. The van der Waals surface area contributed by atoms with Crippen molar-refractivity contribution in [2.75, 3.05) is 0 Å². The van der Waals surface area contributed by atoms with Crippen molar-refractivity contribution in [3.8, 4) is 169 Å². The molecule has 0 atom stereocenters. The van der Waals surface area contributed by atoms with Gasteiger partial charge >= 0.3 is 0 Å². The predicted molar refractivity (Wildman–Crippen MR) is 487 cm³/mol. The SMILES string of the molecule is c1ccc(-c2ccc(-c3nc(-c4ccc(-c5ccccc5)cc4)nc(-c4ccc(-c5ccc6nc(-c7ccccc7)c7cccc(-c8ccccc8)c7c6c5)cc4)n3)cc2)cc1.c1ccc(-c2ccc(-c3nc(-c4ccccc4)nc(-c4ccc(-c5ccc6nc(-c7ccccc7)c7cccc(-c8ccccc8)c7c6c5)cc4)n3)cc2)cc1. The zero-order chi connectivity index (χ0) is 78.5. The Hall–Kier alpha value is -15.9. The summed E-state index contributed by atoms with van der Waals surface area (Å²) >= 11 is 0. The summed E-state index contributed by atoms with van der Waals surface area (Å²) in [5, 5.41) is 6.89. The van der Waals surface area contributed by atoms with E-state index in [1.165, 1.54) is 49.7 Å². The lowest BCUT2D eigenvalue weighted by Gasteiger charge is -2.15. The fourth-order valence-corrected chi connectivity index (χ4v) is 15.9. The molecule has 0 unspecified atom stereocenters. The highest BCUT2D eigenvalue weighted by molar-refractivity contribution is 6.19. The van der Waals surface area contributed by atoms with Crippen LogP contribution in [0.5, 0.6) is 0 Å². The van der Waals surface area contributed by atoms with Gasteiger partial charge < -0.3 is 0 Å². The Labute approximate surface area is 684 Å². The maximum absolute atomic E-state index is 5.28. The topological polar surface area (TPSA) is 103 Å². The molecule has 0 aliphatic heterocycles. The average molecular weight is 1510 g/mol. The molecular formula is C110H72N8. The predicted octanol–water partition coefficient (Wildman–Crippen LogP) is 28.2. The molecule has 552 valence electrons. The lowest BCUT2D eigenvalue weighted by atomic mass is 9.91. The van der Waals surface area contributed by atoms with Crippen LogP contribution in [0, 0.1) is 0 Å². The maximum atomic E-state index is 5.28. The molecule has 0 bridgehead atoms. The molecule has 0 saturated carbocycles. The van der Waals surface area contributed by atoms with E-state index in [-0.39, 0.29) is 0 Å². The molecule has 0 radical (unpaired) electrons. The Balaban J connectivity index is 0.000000152. The minimum atomic E-state index is 0.616. The zero-order valence-electron chi connectivity index (χ0n) is 64.1. The summed E-state index contributed by atoms with van der Waals surface area (Å²) in [6, 6.07) is 152. The summed E-state index contributed by atoms with van der Waals surface area (Å²) in [6.45, 7) is 0. The third-order valence-corrected chi connectivity index (χ3v) is 21.9. The van der Waals surface area contributed by atoms with Crippen LogP contribution in [-0.4, -0.2) is 39.9 Å². The smallest absolute Gasteiger partial charge is 0.164 e. The van der Waals surface area contributed by atoms with Gasteiger partial charge in [-0.3, -0.25) is 0 Å². The van der Waals surface area contributed by atoms with E-state index in [2.05, 4.69) is 376 Å². The van der Waals surface area contributed by atoms with Gasteiger partial charge in [0, 0.05) is 76.8 Å². The number of aromatic nitrogens is 8. The second kappa shape index (κ2) is 31.9. The Bertz CT molecular complexity index is 7070. The Kier molecular flexibility index (Phi) is 19.3. The van der Waals surface area contributed by atoms with E-state index < -0.39 is 0 Å². The van der Waals surface area contributed by atoms with Gasteiger partial charge in [0.2, 0.25) is 0 Å². The Morgan fingerprint density at radius 1 is 0.119 bits per heavy atom. The van der Waals surface area contributed by atoms with E-state index in [0.29, 0.717) is 34.9 Å². The molecule has 8 heteroatoms. The summed E-state index contributed by atoms with van der Waals surface area (Å²) in [4.78, 5) is 40.7. The average Bonchev–Trinajstić information content (AvgIpc) is 0.743. The minimum Gasteiger partial charge on any atom is -0.247 e. The van der Waals surface area contributed by atoms with E-state index in [1.807, 2.05) is 60.7 Å². The van der Waals surface area contributed by atoms with Gasteiger partial charge in [-0.05, 0) is 102 Å². The molecule has 0 amide bonds. The molecule has 0 spiro atoms. The quantitative estimate of drug-likeness (QED) is 0.0935. The Morgan fingerprint density at radius 3 is 0.576 bits per heavy atom. The van der Waals surface area contributed by atoms with Crippen molar-refractivity contribution in [2.24, 2.45) is 0 Å². The van der Waals surface area contributed by atoms with Crippen LogP contribution < -0.4 is 0 Å². The van der Waals surface area contributed by atoms with Crippen LogP contribution in [-0.2, 0) is 0 Å². The number of pyridine rings is 2. The first kappa shape index (κ1) is 71.2. The third kappa shape index (κ3) is 14.5. The van der Waals surface area contributed by atoms with E-state index in [0.717, 1.165) is 127 Å². The summed E-state index contributed by atoms with van der Waals surface area (Å²) in [5.41, 5.74) is 27.7. The molecule has 4 heterocycles. The summed E-state index contributed by atoms with van der Waals surface area (Å²) in [5.74, 6) is 3.76. The van der Waals surface area contributed by atoms with Crippen molar-refractivity contribution in [1.29, 1.82) is 0 Å². The summed E-state index contributed by atoms with van der Waals surface area (Å²) < 4.78 is 0. The van der Waals surface area contributed by atoms with Gasteiger partial charge in [0.05, 0.1) is 22.4 Å². The molecule has 0 aliphatic rings. The van der Waals surface area contributed by atoms with Gasteiger partial charge in [0.15, 0.2) is 34.9 Å². The van der Waals surface area contributed by atoms with Crippen LogP contribution in [0.2, 0.25) is 0 Å². The first-order chi connectivity index (χ1) is 58.5. The second-order valence-electron chi connectivity index (χ2n) is 29.3. The van der Waals surface area contributed by atoms with Crippen molar-refractivity contribution in [3.63, 3.8) is 0 Å². The highest BCUT2D eigenvalue weighted by Crippen LogP contribution is 2.44. The molecule has 0 N–H and O–H groups in total. The van der Waals surface area contributed by atoms with Crippen LogP contribution in [0.15, 0.2) is 437 Å². The molecule has 4 aromatic heterocycles. The van der Waals surface area contributed by atoms with Gasteiger partial charge in [-0.2, -0.15) is 0 Å². The van der Waals surface area contributed by atoms with Crippen molar-refractivity contribution in [1.82, 2.24) is 39.9 Å². The largest absolute Gasteiger partial charge is 0.247 e. The van der Waals surface area contributed by atoms with E-state index in [4.69, 9.17) is 39.9 Å². The van der Waals surface area contributed by atoms with Crippen molar-refractivity contribution in [2.45, 2.75) is 0 Å². The van der Waals surface area contributed by atoms with Crippen LogP contribution >= 0.6 is 0 Å². The van der Waals surface area contributed by atoms with Crippen molar-refractivity contribution < 1.29 is 0 Å². The van der Waals surface area contributed by atoms with Crippen LogP contribution in [0.3, 0.4) is 0 Å².